The fourth-order valence-corrected chi connectivity index (χ4v) is 3.13. The average molecular weight is 374 g/mol. The number of nitriles is 1. The molecule has 8 heteroatoms. The number of nitrogens with zero attached hydrogens (tertiary/aromatic N) is 3. The summed E-state index contributed by atoms with van der Waals surface area (Å²) < 4.78 is 39.4. The molecule has 1 aliphatic heterocycles. The number of benzene rings is 1. The van der Waals surface area contributed by atoms with Gasteiger partial charge in [0.05, 0.1) is 17.2 Å². The zero-order valence-corrected chi connectivity index (χ0v) is 14.3. The molecule has 1 amide bonds. The number of rotatable bonds is 3. The van der Waals surface area contributed by atoms with Crippen LogP contribution in [0.4, 0.5) is 24.7 Å². The van der Waals surface area contributed by atoms with Crippen molar-refractivity contribution in [1.82, 2.24) is 4.98 Å². The molecule has 0 spiro atoms. The highest BCUT2D eigenvalue weighted by molar-refractivity contribution is 5.91. The van der Waals surface area contributed by atoms with Crippen LogP contribution in [0.25, 0.3) is 0 Å². The summed E-state index contributed by atoms with van der Waals surface area (Å²) in [4.78, 5) is 18.2. The van der Waals surface area contributed by atoms with Gasteiger partial charge >= 0.3 is 6.18 Å². The lowest BCUT2D eigenvalue weighted by atomic mass is 9.95. The highest BCUT2D eigenvalue weighted by Crippen LogP contribution is 2.35. The highest BCUT2D eigenvalue weighted by Gasteiger charge is 2.34. The molecule has 2 aromatic rings. The van der Waals surface area contributed by atoms with Gasteiger partial charge in [0.2, 0.25) is 5.91 Å². The largest absolute Gasteiger partial charge is 0.417 e. The molecule has 1 fully saturated rings. The fourth-order valence-electron chi connectivity index (χ4n) is 3.13. The van der Waals surface area contributed by atoms with Gasteiger partial charge in [0.1, 0.15) is 5.82 Å². The molecule has 1 aromatic heterocycles. The van der Waals surface area contributed by atoms with Gasteiger partial charge in [-0.2, -0.15) is 18.4 Å². The van der Waals surface area contributed by atoms with E-state index >= 15 is 0 Å². The van der Waals surface area contributed by atoms with Crippen LogP contribution in [0.1, 0.15) is 24.0 Å². The van der Waals surface area contributed by atoms with Crippen LogP contribution in [-0.4, -0.2) is 24.0 Å². The molecule has 1 saturated heterocycles. The first-order valence-electron chi connectivity index (χ1n) is 8.46. The smallest absolute Gasteiger partial charge is 0.371 e. The van der Waals surface area contributed by atoms with Crippen molar-refractivity contribution in [3.8, 4) is 6.07 Å². The number of hydrogen-bond donors (Lipinski definition) is 1. The lowest BCUT2D eigenvalue weighted by Crippen LogP contribution is -2.38. The first kappa shape index (κ1) is 18.7. The lowest BCUT2D eigenvalue weighted by molar-refractivity contribution is -0.137. The Kier molecular flexibility index (Phi) is 5.31. The molecule has 0 bridgehead atoms. The number of amides is 1. The van der Waals surface area contributed by atoms with Gasteiger partial charge < -0.3 is 10.2 Å². The van der Waals surface area contributed by atoms with Crippen LogP contribution < -0.4 is 10.2 Å². The molecule has 3 rings (SSSR count). The molecule has 2 heterocycles. The Hall–Kier alpha value is -3.08. The predicted molar refractivity (Wildman–Crippen MR) is 94.0 cm³/mol. The van der Waals surface area contributed by atoms with Crippen molar-refractivity contribution >= 4 is 17.4 Å². The second-order valence-corrected chi connectivity index (χ2v) is 6.30. The standard InChI is InChI=1S/C19H17F3N4O/c20-19(21,22)16-11-15(5-4-14(16)12-23)26-9-6-13(7-10-26)18(27)25-17-3-1-2-8-24-17/h1-5,8,11,13H,6-7,9-10H2,(H,24,25,27). The maximum absolute atomic E-state index is 13.1. The van der Waals surface area contributed by atoms with E-state index in [0.29, 0.717) is 37.4 Å². The van der Waals surface area contributed by atoms with Crippen molar-refractivity contribution in [1.29, 1.82) is 5.26 Å². The van der Waals surface area contributed by atoms with Crippen LogP contribution in [0, 0.1) is 17.2 Å². The second-order valence-electron chi connectivity index (χ2n) is 6.30. The Bertz CT molecular complexity index is 853. The third kappa shape index (κ3) is 4.37. The minimum absolute atomic E-state index is 0.135. The molecule has 27 heavy (non-hydrogen) atoms. The first-order valence-corrected chi connectivity index (χ1v) is 8.46. The van der Waals surface area contributed by atoms with E-state index in [0.717, 1.165) is 6.07 Å². The quantitative estimate of drug-likeness (QED) is 0.887. The van der Waals surface area contributed by atoms with Gasteiger partial charge in [-0.15, -0.1) is 0 Å². The van der Waals surface area contributed by atoms with Gasteiger partial charge in [-0.05, 0) is 43.2 Å². The lowest BCUT2D eigenvalue weighted by Gasteiger charge is -2.33. The number of carbonyl (C=O) groups excluding carboxylic acids is 1. The van der Waals surface area contributed by atoms with Gasteiger partial charge in [-0.1, -0.05) is 6.07 Å². The SMILES string of the molecule is N#Cc1ccc(N2CCC(C(=O)Nc3ccccn3)CC2)cc1C(F)(F)F. The van der Waals surface area contributed by atoms with Crippen LogP contribution in [0.2, 0.25) is 0 Å². The van der Waals surface area contributed by atoms with E-state index in [1.165, 1.54) is 12.1 Å². The molecular formula is C19H17F3N4O. The summed E-state index contributed by atoms with van der Waals surface area (Å²) in [5.41, 5.74) is -0.918. The molecule has 0 aliphatic carbocycles. The van der Waals surface area contributed by atoms with E-state index in [1.807, 2.05) is 0 Å². The number of aromatic nitrogens is 1. The summed E-state index contributed by atoms with van der Waals surface area (Å²) in [5, 5.41) is 11.6. The van der Waals surface area contributed by atoms with E-state index in [9.17, 15) is 18.0 Å². The molecule has 0 saturated carbocycles. The predicted octanol–water partition coefficient (Wildman–Crippen LogP) is 3.83. The number of anilines is 2. The minimum atomic E-state index is -4.58. The normalized spacial score (nSPS) is 15.3. The molecule has 140 valence electrons. The summed E-state index contributed by atoms with van der Waals surface area (Å²) in [7, 11) is 0. The van der Waals surface area contributed by atoms with E-state index in [-0.39, 0.29) is 11.8 Å². The van der Waals surface area contributed by atoms with E-state index < -0.39 is 17.3 Å². The third-order valence-electron chi connectivity index (χ3n) is 4.58. The first-order chi connectivity index (χ1) is 12.9. The van der Waals surface area contributed by atoms with Crippen LogP contribution in [0.3, 0.4) is 0 Å². The van der Waals surface area contributed by atoms with Gasteiger partial charge in [0, 0.05) is 30.9 Å². The Morgan fingerprint density at radius 2 is 1.96 bits per heavy atom. The molecule has 1 N–H and O–H groups in total. The molecule has 1 aliphatic rings. The number of halogens is 3. The Balaban J connectivity index is 1.66. The zero-order chi connectivity index (χ0) is 19.4. The van der Waals surface area contributed by atoms with Crippen molar-refractivity contribution in [2.75, 3.05) is 23.3 Å². The summed E-state index contributed by atoms with van der Waals surface area (Å²) >= 11 is 0. The van der Waals surface area contributed by atoms with E-state index in [1.54, 1.807) is 35.4 Å². The van der Waals surface area contributed by atoms with Crippen LogP contribution in [0.15, 0.2) is 42.6 Å². The topological polar surface area (TPSA) is 69.0 Å². The molecule has 0 atom stereocenters. The molecule has 5 nitrogen and oxygen atoms in total. The number of piperidine rings is 1. The van der Waals surface area contributed by atoms with Crippen molar-refractivity contribution in [2.24, 2.45) is 5.92 Å². The maximum atomic E-state index is 13.1. The van der Waals surface area contributed by atoms with Crippen LogP contribution >= 0.6 is 0 Å². The van der Waals surface area contributed by atoms with Crippen molar-refractivity contribution < 1.29 is 18.0 Å². The van der Waals surface area contributed by atoms with E-state index in [4.69, 9.17) is 5.26 Å². The molecular weight excluding hydrogens is 357 g/mol. The second kappa shape index (κ2) is 7.66. The van der Waals surface area contributed by atoms with Crippen molar-refractivity contribution in [2.45, 2.75) is 19.0 Å². The summed E-state index contributed by atoms with van der Waals surface area (Å²) in [6.07, 6.45) is -1.94. The fraction of sp³-hybridized carbons (Fsp3) is 0.316. The summed E-state index contributed by atoms with van der Waals surface area (Å²) in [6, 6.07) is 10.5. The summed E-state index contributed by atoms with van der Waals surface area (Å²) in [6.45, 7) is 0.924. The van der Waals surface area contributed by atoms with Crippen LogP contribution in [0.5, 0.6) is 0 Å². The Morgan fingerprint density at radius 3 is 2.56 bits per heavy atom. The number of carbonyl (C=O) groups is 1. The molecule has 1 aromatic carbocycles. The maximum Gasteiger partial charge on any atom is 0.417 e. The van der Waals surface area contributed by atoms with Gasteiger partial charge in [0.25, 0.3) is 0 Å². The van der Waals surface area contributed by atoms with Gasteiger partial charge in [-0.3, -0.25) is 4.79 Å². The Labute approximate surface area is 154 Å². The highest BCUT2D eigenvalue weighted by atomic mass is 19.4. The number of pyridine rings is 1. The minimum Gasteiger partial charge on any atom is -0.371 e. The number of alkyl halides is 3. The van der Waals surface area contributed by atoms with Gasteiger partial charge in [-0.25, -0.2) is 4.98 Å². The number of hydrogen-bond acceptors (Lipinski definition) is 4. The molecule has 0 unspecified atom stereocenters. The van der Waals surface area contributed by atoms with Crippen molar-refractivity contribution in [3.63, 3.8) is 0 Å². The van der Waals surface area contributed by atoms with Gasteiger partial charge in [0.15, 0.2) is 0 Å². The third-order valence-corrected chi connectivity index (χ3v) is 4.58. The number of nitrogens with one attached hydrogen (secondary N) is 1. The monoisotopic (exact) mass is 374 g/mol. The van der Waals surface area contributed by atoms with Crippen molar-refractivity contribution in [3.05, 3.63) is 53.7 Å². The Morgan fingerprint density at radius 1 is 1.22 bits per heavy atom. The molecule has 0 radical (unpaired) electrons. The zero-order valence-electron chi connectivity index (χ0n) is 14.3. The van der Waals surface area contributed by atoms with Crippen LogP contribution in [-0.2, 0) is 11.0 Å². The average Bonchev–Trinajstić information content (AvgIpc) is 2.67. The van der Waals surface area contributed by atoms with E-state index in [2.05, 4.69) is 10.3 Å². The summed E-state index contributed by atoms with van der Waals surface area (Å²) in [5.74, 6) is 0.125.